The molecule has 0 bridgehead atoms. The van der Waals surface area contributed by atoms with Crippen molar-refractivity contribution >= 4 is 17.2 Å². The topological polar surface area (TPSA) is 64.5 Å². The predicted octanol–water partition coefficient (Wildman–Crippen LogP) is 2.54. The number of ether oxygens (including phenoxy) is 2. The molecule has 3 heterocycles. The van der Waals surface area contributed by atoms with Crippen molar-refractivity contribution in [3.63, 3.8) is 0 Å². The van der Waals surface area contributed by atoms with Crippen molar-refractivity contribution in [2.24, 2.45) is 0 Å². The maximum atomic E-state index is 12.7. The summed E-state index contributed by atoms with van der Waals surface area (Å²) in [5, 5.41) is 2.81. The Morgan fingerprint density at radius 1 is 1.48 bits per heavy atom. The molecule has 1 fully saturated rings. The van der Waals surface area contributed by atoms with Crippen LogP contribution in [0, 0.1) is 0 Å². The van der Waals surface area contributed by atoms with Crippen LogP contribution < -0.4 is 4.74 Å². The highest BCUT2D eigenvalue weighted by atomic mass is 32.1. The van der Waals surface area contributed by atoms with E-state index in [0.717, 1.165) is 5.01 Å². The molecule has 0 saturated carbocycles. The number of carbonyl (C=O) groups is 1. The highest BCUT2D eigenvalue weighted by Gasteiger charge is 2.27. The molecule has 3 rings (SSSR count). The molecular formula is C16H19N3O3S. The van der Waals surface area contributed by atoms with Gasteiger partial charge >= 0.3 is 0 Å². The minimum Gasteiger partial charge on any atom is -0.489 e. The predicted molar refractivity (Wildman–Crippen MR) is 86.7 cm³/mol. The Hall–Kier alpha value is -1.99. The van der Waals surface area contributed by atoms with E-state index in [4.69, 9.17) is 9.47 Å². The summed E-state index contributed by atoms with van der Waals surface area (Å²) in [5.41, 5.74) is 0.530. The Bertz CT molecular complexity index is 660. The zero-order valence-electron chi connectivity index (χ0n) is 13.1. The number of amides is 1. The Morgan fingerprint density at radius 3 is 3.09 bits per heavy atom. The molecule has 122 valence electrons. The molecule has 0 spiro atoms. The molecule has 0 radical (unpaired) electrons. The number of rotatable bonds is 4. The fourth-order valence-electron chi connectivity index (χ4n) is 2.43. The second-order valence-corrected chi connectivity index (χ2v) is 6.48. The van der Waals surface area contributed by atoms with Crippen LogP contribution in [0.5, 0.6) is 5.75 Å². The lowest BCUT2D eigenvalue weighted by atomic mass is 10.2. The van der Waals surface area contributed by atoms with Crippen LogP contribution in [0.1, 0.15) is 35.3 Å². The van der Waals surface area contributed by atoms with Crippen LogP contribution in [0.25, 0.3) is 0 Å². The molecule has 1 atom stereocenters. The summed E-state index contributed by atoms with van der Waals surface area (Å²) in [5.74, 6) is 0.548. The Kier molecular flexibility index (Phi) is 4.88. The molecule has 1 aliphatic rings. The van der Waals surface area contributed by atoms with Crippen molar-refractivity contribution in [2.45, 2.75) is 26.1 Å². The molecule has 6 nitrogen and oxygen atoms in total. The molecule has 1 aliphatic heterocycles. The van der Waals surface area contributed by atoms with Gasteiger partial charge in [0, 0.05) is 24.3 Å². The Morgan fingerprint density at radius 2 is 2.35 bits per heavy atom. The van der Waals surface area contributed by atoms with Crippen molar-refractivity contribution in [2.75, 3.05) is 19.7 Å². The van der Waals surface area contributed by atoms with Crippen molar-refractivity contribution in [1.29, 1.82) is 0 Å². The lowest BCUT2D eigenvalue weighted by Crippen LogP contribution is -2.42. The van der Waals surface area contributed by atoms with E-state index in [1.165, 1.54) is 0 Å². The van der Waals surface area contributed by atoms with Crippen LogP contribution in [-0.4, -0.2) is 46.6 Å². The number of thiazole rings is 1. The summed E-state index contributed by atoms with van der Waals surface area (Å²) in [6.07, 6.45) is 4.83. The molecule has 2 aromatic rings. The minimum absolute atomic E-state index is 0.0415. The van der Waals surface area contributed by atoms with Gasteiger partial charge < -0.3 is 14.4 Å². The fraction of sp³-hybridized carbons (Fsp3) is 0.438. The van der Waals surface area contributed by atoms with Crippen LogP contribution in [-0.2, 0) is 4.74 Å². The number of morpholine rings is 1. The first-order chi connectivity index (χ1) is 11.1. The smallest absolute Gasteiger partial charge is 0.255 e. The molecule has 0 aromatic carbocycles. The number of aromatic nitrogens is 2. The first kappa shape index (κ1) is 15.9. The van der Waals surface area contributed by atoms with Crippen molar-refractivity contribution in [3.05, 3.63) is 40.6 Å². The van der Waals surface area contributed by atoms with Crippen molar-refractivity contribution < 1.29 is 14.3 Å². The summed E-state index contributed by atoms with van der Waals surface area (Å²) >= 11 is 1.54. The summed E-state index contributed by atoms with van der Waals surface area (Å²) < 4.78 is 11.3. The third-order valence-corrected chi connectivity index (χ3v) is 4.28. The van der Waals surface area contributed by atoms with Gasteiger partial charge in [0.05, 0.1) is 31.0 Å². The van der Waals surface area contributed by atoms with Gasteiger partial charge in [-0.25, -0.2) is 4.98 Å². The highest BCUT2D eigenvalue weighted by molar-refractivity contribution is 7.09. The second kappa shape index (κ2) is 7.06. The highest BCUT2D eigenvalue weighted by Crippen LogP contribution is 2.25. The van der Waals surface area contributed by atoms with Crippen molar-refractivity contribution in [3.8, 4) is 5.75 Å². The van der Waals surface area contributed by atoms with E-state index in [2.05, 4.69) is 9.97 Å². The van der Waals surface area contributed by atoms with Gasteiger partial charge in [0.25, 0.3) is 5.91 Å². The molecule has 1 unspecified atom stereocenters. The van der Waals surface area contributed by atoms with Crippen LogP contribution in [0.4, 0.5) is 0 Å². The Balaban J connectivity index is 1.72. The van der Waals surface area contributed by atoms with Crippen LogP contribution >= 0.6 is 11.3 Å². The lowest BCUT2D eigenvalue weighted by Gasteiger charge is -2.32. The molecule has 2 aromatic heterocycles. The second-order valence-electron chi connectivity index (χ2n) is 5.56. The fourth-order valence-corrected chi connectivity index (χ4v) is 3.11. The average molecular weight is 333 g/mol. The average Bonchev–Trinajstić information content (AvgIpc) is 3.08. The lowest BCUT2D eigenvalue weighted by molar-refractivity contribution is -0.0229. The minimum atomic E-state index is -0.157. The van der Waals surface area contributed by atoms with E-state index in [9.17, 15) is 4.79 Å². The number of pyridine rings is 1. The third kappa shape index (κ3) is 3.86. The van der Waals surface area contributed by atoms with E-state index >= 15 is 0 Å². The van der Waals surface area contributed by atoms with Crippen molar-refractivity contribution in [1.82, 2.24) is 14.9 Å². The molecule has 23 heavy (non-hydrogen) atoms. The van der Waals surface area contributed by atoms with Gasteiger partial charge in [-0.15, -0.1) is 11.3 Å². The van der Waals surface area contributed by atoms with Gasteiger partial charge in [0.2, 0.25) is 0 Å². The standard InChI is InChI=1S/C16H19N3O3S/c1-11(2)22-13-7-12(8-17-9-13)16(20)19-4-5-21-14(10-19)15-18-3-6-23-15/h3,6-9,11,14H,4-5,10H2,1-2H3. The third-order valence-electron chi connectivity index (χ3n) is 3.41. The summed E-state index contributed by atoms with van der Waals surface area (Å²) in [6, 6.07) is 1.74. The maximum absolute atomic E-state index is 12.7. The van der Waals surface area contributed by atoms with E-state index < -0.39 is 0 Å². The first-order valence-corrected chi connectivity index (χ1v) is 8.43. The van der Waals surface area contributed by atoms with E-state index in [1.807, 2.05) is 19.2 Å². The zero-order valence-corrected chi connectivity index (χ0v) is 14.0. The van der Waals surface area contributed by atoms with Crippen LogP contribution in [0.2, 0.25) is 0 Å². The Labute approximate surface area is 139 Å². The van der Waals surface area contributed by atoms with Gasteiger partial charge in [0.15, 0.2) is 0 Å². The van der Waals surface area contributed by atoms with Crippen LogP contribution in [0.15, 0.2) is 30.0 Å². The normalized spacial score (nSPS) is 18.2. The molecule has 1 amide bonds. The number of hydrogen-bond donors (Lipinski definition) is 0. The van der Waals surface area contributed by atoms with Gasteiger partial charge in [-0.1, -0.05) is 0 Å². The van der Waals surface area contributed by atoms with Crippen LogP contribution in [0.3, 0.4) is 0 Å². The maximum Gasteiger partial charge on any atom is 0.255 e. The van der Waals surface area contributed by atoms with Gasteiger partial charge in [-0.05, 0) is 19.9 Å². The largest absolute Gasteiger partial charge is 0.489 e. The molecule has 1 saturated heterocycles. The summed E-state index contributed by atoms with van der Waals surface area (Å²) in [7, 11) is 0. The quantitative estimate of drug-likeness (QED) is 0.860. The zero-order chi connectivity index (χ0) is 16.2. The molecule has 0 N–H and O–H groups in total. The number of carbonyl (C=O) groups excluding carboxylic acids is 1. The van der Waals surface area contributed by atoms with E-state index in [0.29, 0.717) is 31.0 Å². The number of nitrogens with zero attached hydrogens (tertiary/aromatic N) is 3. The van der Waals surface area contributed by atoms with Gasteiger partial charge in [0.1, 0.15) is 16.9 Å². The van der Waals surface area contributed by atoms with E-state index in [-0.39, 0.29) is 18.1 Å². The van der Waals surface area contributed by atoms with Gasteiger partial charge in [-0.2, -0.15) is 0 Å². The van der Waals surface area contributed by atoms with E-state index in [1.54, 1.807) is 40.9 Å². The first-order valence-electron chi connectivity index (χ1n) is 7.55. The summed E-state index contributed by atoms with van der Waals surface area (Å²) in [4.78, 5) is 22.9. The number of hydrogen-bond acceptors (Lipinski definition) is 6. The monoisotopic (exact) mass is 333 g/mol. The van der Waals surface area contributed by atoms with Gasteiger partial charge in [-0.3, -0.25) is 9.78 Å². The molecular weight excluding hydrogens is 314 g/mol. The molecule has 7 heteroatoms. The molecule has 0 aliphatic carbocycles. The SMILES string of the molecule is CC(C)Oc1cncc(C(=O)N2CCOC(c3nccs3)C2)c1. The summed E-state index contributed by atoms with van der Waals surface area (Å²) in [6.45, 7) is 5.45.